The molecule has 1 unspecified atom stereocenters. The fraction of sp³-hybridized carbons (Fsp3) is 0.368. The lowest BCUT2D eigenvalue weighted by Gasteiger charge is -2.39. The third-order valence-corrected chi connectivity index (χ3v) is 4.44. The normalized spacial score (nSPS) is 26.6. The molecule has 0 aromatic heterocycles. The molecule has 1 atom stereocenters. The van der Waals surface area contributed by atoms with Gasteiger partial charge in [-0.1, -0.05) is 42.0 Å². The van der Waals surface area contributed by atoms with Crippen LogP contribution in [0, 0.1) is 0 Å². The zero-order chi connectivity index (χ0) is 16.5. The molecule has 23 heavy (non-hydrogen) atoms. The van der Waals surface area contributed by atoms with Crippen molar-refractivity contribution in [3.8, 4) is 0 Å². The molecule has 1 spiro atoms. The van der Waals surface area contributed by atoms with Crippen LogP contribution in [-0.2, 0) is 20.9 Å². The number of allylic oxidation sites excluding steroid dienone is 2. The molecule has 1 aromatic carbocycles. The first-order chi connectivity index (χ1) is 11.0. The Bertz CT molecular complexity index is 680. The maximum atomic E-state index is 11.3. The summed E-state index contributed by atoms with van der Waals surface area (Å²) in [6.07, 6.45) is 7.12. The summed E-state index contributed by atoms with van der Waals surface area (Å²) in [5, 5.41) is 20.3. The minimum absolute atomic E-state index is 0.0230. The van der Waals surface area contributed by atoms with E-state index in [0.717, 1.165) is 22.3 Å². The van der Waals surface area contributed by atoms with Crippen LogP contribution >= 0.6 is 0 Å². The Morgan fingerprint density at radius 3 is 2.52 bits per heavy atom. The van der Waals surface area contributed by atoms with E-state index in [4.69, 9.17) is 14.6 Å². The summed E-state index contributed by atoms with van der Waals surface area (Å²) in [5.74, 6) is -0.892. The second-order valence-corrected chi connectivity index (χ2v) is 5.97. The van der Waals surface area contributed by atoms with Gasteiger partial charge in [-0.15, -0.1) is 0 Å². The number of ether oxygens (including phenoxy) is 2. The highest BCUT2D eigenvalue weighted by atomic mass is 16.7. The summed E-state index contributed by atoms with van der Waals surface area (Å²) in [4.78, 5) is 0. The summed E-state index contributed by atoms with van der Waals surface area (Å²) >= 11 is 0. The summed E-state index contributed by atoms with van der Waals surface area (Å²) in [6, 6.07) is 7.64. The minimum Gasteiger partial charge on any atom is -0.392 e. The van der Waals surface area contributed by atoms with Gasteiger partial charge in [0.15, 0.2) is 0 Å². The van der Waals surface area contributed by atoms with E-state index in [1.165, 1.54) is 0 Å². The Morgan fingerprint density at radius 2 is 1.87 bits per heavy atom. The first kappa shape index (κ1) is 16.1. The molecule has 3 rings (SSSR count). The van der Waals surface area contributed by atoms with Crippen molar-refractivity contribution in [1.29, 1.82) is 0 Å². The van der Waals surface area contributed by atoms with Crippen LogP contribution in [0.25, 0.3) is 0 Å². The molecule has 2 aliphatic rings. The lowest BCUT2D eigenvalue weighted by Crippen LogP contribution is -2.38. The van der Waals surface area contributed by atoms with E-state index < -0.39 is 11.4 Å². The quantitative estimate of drug-likeness (QED) is 0.665. The molecule has 122 valence electrons. The van der Waals surface area contributed by atoms with Crippen molar-refractivity contribution < 1.29 is 19.7 Å². The predicted molar refractivity (Wildman–Crippen MR) is 87.7 cm³/mol. The SMILES string of the molecule is CC(C=CC1(O)C(C)=CC2(OCCO2)c2ccccc21)=CCO. The van der Waals surface area contributed by atoms with Crippen LogP contribution in [0.2, 0.25) is 0 Å². The molecule has 1 aliphatic carbocycles. The highest BCUT2D eigenvalue weighted by molar-refractivity contribution is 5.51. The predicted octanol–water partition coefficient (Wildman–Crippen LogP) is 2.53. The number of fused-ring (bicyclic) bond motifs is 2. The topological polar surface area (TPSA) is 58.9 Å². The van der Waals surface area contributed by atoms with Crippen LogP contribution in [-0.4, -0.2) is 30.0 Å². The largest absolute Gasteiger partial charge is 0.392 e. The van der Waals surface area contributed by atoms with Gasteiger partial charge in [-0.05, 0) is 31.6 Å². The summed E-state index contributed by atoms with van der Waals surface area (Å²) in [5.41, 5.74) is 2.02. The van der Waals surface area contributed by atoms with Crippen molar-refractivity contribution >= 4 is 0 Å². The van der Waals surface area contributed by atoms with E-state index in [1.54, 1.807) is 12.2 Å². The summed E-state index contributed by atoms with van der Waals surface area (Å²) in [6.45, 7) is 4.80. The van der Waals surface area contributed by atoms with Crippen molar-refractivity contribution in [1.82, 2.24) is 0 Å². The average molecular weight is 314 g/mol. The maximum absolute atomic E-state index is 11.3. The van der Waals surface area contributed by atoms with Gasteiger partial charge in [0, 0.05) is 11.1 Å². The molecule has 4 nitrogen and oxygen atoms in total. The number of aliphatic hydroxyl groups is 2. The van der Waals surface area contributed by atoms with Gasteiger partial charge in [0.2, 0.25) is 5.79 Å². The van der Waals surface area contributed by atoms with Gasteiger partial charge < -0.3 is 19.7 Å². The molecule has 1 aliphatic heterocycles. The van der Waals surface area contributed by atoms with Crippen molar-refractivity contribution in [2.75, 3.05) is 19.8 Å². The average Bonchev–Trinajstić information content (AvgIpc) is 3.01. The van der Waals surface area contributed by atoms with Gasteiger partial charge in [0.1, 0.15) is 5.60 Å². The molecule has 1 heterocycles. The molecule has 1 fully saturated rings. The Labute approximate surface area is 136 Å². The van der Waals surface area contributed by atoms with Crippen LogP contribution in [0.3, 0.4) is 0 Å². The van der Waals surface area contributed by atoms with Gasteiger partial charge in [-0.25, -0.2) is 0 Å². The molecule has 0 saturated carbocycles. The van der Waals surface area contributed by atoms with Gasteiger partial charge in [0.05, 0.1) is 19.8 Å². The van der Waals surface area contributed by atoms with E-state index in [-0.39, 0.29) is 6.61 Å². The lowest BCUT2D eigenvalue weighted by molar-refractivity contribution is -0.130. The molecule has 2 N–H and O–H groups in total. The molecule has 0 radical (unpaired) electrons. The standard InChI is InChI=1S/C19H22O4/c1-14(8-10-20)7-9-18(21)15(2)13-19(22-11-12-23-19)17-6-4-3-5-16(17)18/h3-9,13,20-21H,10-12H2,1-2H3. The monoisotopic (exact) mass is 314 g/mol. The first-order valence-electron chi connectivity index (χ1n) is 7.79. The highest BCUT2D eigenvalue weighted by Gasteiger charge is 2.47. The second-order valence-electron chi connectivity index (χ2n) is 5.97. The Balaban J connectivity index is 2.10. The molecule has 1 aromatic rings. The zero-order valence-corrected chi connectivity index (χ0v) is 13.5. The number of rotatable bonds is 3. The fourth-order valence-electron chi connectivity index (χ4n) is 3.16. The first-order valence-corrected chi connectivity index (χ1v) is 7.79. The van der Waals surface area contributed by atoms with Gasteiger partial charge in [-0.3, -0.25) is 0 Å². The Morgan fingerprint density at radius 1 is 1.22 bits per heavy atom. The van der Waals surface area contributed by atoms with Crippen molar-refractivity contribution in [2.45, 2.75) is 25.2 Å². The van der Waals surface area contributed by atoms with E-state index in [1.807, 2.05) is 50.3 Å². The zero-order valence-electron chi connectivity index (χ0n) is 13.5. The van der Waals surface area contributed by atoms with Crippen LogP contribution in [0.4, 0.5) is 0 Å². The third-order valence-electron chi connectivity index (χ3n) is 4.44. The molecule has 4 heteroatoms. The van der Waals surface area contributed by atoms with Crippen LogP contribution in [0.5, 0.6) is 0 Å². The molecular formula is C19H22O4. The highest BCUT2D eigenvalue weighted by Crippen LogP contribution is 2.47. The van der Waals surface area contributed by atoms with Crippen molar-refractivity contribution in [3.05, 3.63) is 70.8 Å². The molecule has 0 amide bonds. The lowest BCUT2D eigenvalue weighted by atomic mass is 9.76. The maximum Gasteiger partial charge on any atom is 0.216 e. The van der Waals surface area contributed by atoms with E-state index in [9.17, 15) is 5.11 Å². The van der Waals surface area contributed by atoms with Gasteiger partial charge in [0.25, 0.3) is 0 Å². The molecular weight excluding hydrogens is 292 g/mol. The summed E-state index contributed by atoms with van der Waals surface area (Å²) < 4.78 is 11.7. The number of hydrogen-bond acceptors (Lipinski definition) is 4. The van der Waals surface area contributed by atoms with Crippen molar-refractivity contribution in [3.63, 3.8) is 0 Å². The van der Waals surface area contributed by atoms with E-state index in [0.29, 0.717) is 13.2 Å². The summed E-state index contributed by atoms with van der Waals surface area (Å²) in [7, 11) is 0. The van der Waals surface area contributed by atoms with Crippen LogP contribution < -0.4 is 0 Å². The number of hydrogen-bond donors (Lipinski definition) is 2. The molecule has 1 saturated heterocycles. The third kappa shape index (κ3) is 2.68. The van der Waals surface area contributed by atoms with E-state index in [2.05, 4.69) is 0 Å². The minimum atomic E-state index is -1.22. The Hall–Kier alpha value is -1.72. The van der Waals surface area contributed by atoms with Gasteiger partial charge >= 0.3 is 0 Å². The Kier molecular flexibility index (Phi) is 4.25. The number of aliphatic hydroxyl groups excluding tert-OH is 1. The van der Waals surface area contributed by atoms with Crippen molar-refractivity contribution in [2.24, 2.45) is 0 Å². The molecule has 0 bridgehead atoms. The van der Waals surface area contributed by atoms with Crippen LogP contribution in [0.1, 0.15) is 25.0 Å². The number of benzene rings is 1. The van der Waals surface area contributed by atoms with E-state index >= 15 is 0 Å². The smallest absolute Gasteiger partial charge is 0.216 e. The van der Waals surface area contributed by atoms with Crippen LogP contribution in [0.15, 0.2) is 59.7 Å². The van der Waals surface area contributed by atoms with Gasteiger partial charge in [-0.2, -0.15) is 0 Å². The second kappa shape index (κ2) is 6.06. The fourth-order valence-corrected chi connectivity index (χ4v) is 3.16.